The number of likely N-dealkylation sites (N-methyl/N-ethyl adjacent to an activating group) is 1. The van der Waals surface area contributed by atoms with Crippen LogP contribution in [0, 0.1) is 0 Å². The minimum Gasteiger partial charge on any atom is -0.496 e. The number of carbonyl (C=O) groups is 1. The predicted molar refractivity (Wildman–Crippen MR) is 68.9 cm³/mol. The summed E-state index contributed by atoms with van der Waals surface area (Å²) in [6, 6.07) is 3.40. The van der Waals surface area contributed by atoms with E-state index in [1.54, 1.807) is 14.1 Å². The third-order valence-electron chi connectivity index (χ3n) is 2.62. The Labute approximate surface area is 115 Å². The van der Waals surface area contributed by atoms with Crippen LogP contribution in [0.1, 0.15) is 15.9 Å². The molecule has 7 heteroatoms. The van der Waals surface area contributed by atoms with Crippen LogP contribution < -0.4 is 10.1 Å². The van der Waals surface area contributed by atoms with E-state index in [1.807, 2.05) is 4.90 Å². The number of halogens is 3. The third-order valence-corrected chi connectivity index (χ3v) is 2.62. The van der Waals surface area contributed by atoms with Gasteiger partial charge in [-0.2, -0.15) is 13.2 Å². The van der Waals surface area contributed by atoms with Crippen LogP contribution in [0.3, 0.4) is 0 Å². The van der Waals surface area contributed by atoms with Crippen molar-refractivity contribution in [1.82, 2.24) is 10.2 Å². The van der Waals surface area contributed by atoms with Crippen LogP contribution in [0.4, 0.5) is 13.2 Å². The minimum absolute atomic E-state index is 0.0952. The van der Waals surface area contributed by atoms with Crippen molar-refractivity contribution in [2.75, 3.05) is 34.3 Å². The molecule has 0 bridgehead atoms. The molecule has 0 aliphatic heterocycles. The number of nitrogens with one attached hydrogen (secondary N) is 1. The lowest BCUT2D eigenvalue weighted by Crippen LogP contribution is -2.32. The number of amides is 1. The molecule has 0 radical (unpaired) electrons. The Balaban J connectivity index is 3.05. The van der Waals surface area contributed by atoms with Crippen molar-refractivity contribution in [1.29, 1.82) is 0 Å². The van der Waals surface area contributed by atoms with Crippen molar-refractivity contribution in [3.05, 3.63) is 29.3 Å². The van der Waals surface area contributed by atoms with Crippen molar-refractivity contribution >= 4 is 5.91 Å². The van der Waals surface area contributed by atoms with E-state index in [4.69, 9.17) is 4.74 Å². The zero-order chi connectivity index (χ0) is 15.3. The van der Waals surface area contributed by atoms with Crippen molar-refractivity contribution in [3.8, 4) is 5.75 Å². The predicted octanol–water partition coefficient (Wildman–Crippen LogP) is 2.01. The van der Waals surface area contributed by atoms with Crippen LogP contribution in [0.2, 0.25) is 0 Å². The average Bonchev–Trinajstić information content (AvgIpc) is 2.36. The molecule has 0 saturated carbocycles. The highest BCUT2D eigenvalue weighted by atomic mass is 19.4. The second-order valence-electron chi connectivity index (χ2n) is 4.44. The van der Waals surface area contributed by atoms with Gasteiger partial charge in [-0.25, -0.2) is 0 Å². The number of hydrogen-bond acceptors (Lipinski definition) is 3. The summed E-state index contributed by atoms with van der Waals surface area (Å²) in [5, 5.41) is 2.46. The lowest BCUT2D eigenvalue weighted by molar-refractivity contribution is -0.138. The molecule has 1 N–H and O–H groups in total. The van der Waals surface area contributed by atoms with Gasteiger partial charge in [-0.15, -0.1) is 0 Å². The van der Waals surface area contributed by atoms with Crippen molar-refractivity contribution in [3.63, 3.8) is 0 Å². The molecule has 0 aromatic heterocycles. The fourth-order valence-corrected chi connectivity index (χ4v) is 1.65. The van der Waals surface area contributed by atoms with Gasteiger partial charge < -0.3 is 15.0 Å². The second kappa shape index (κ2) is 6.60. The van der Waals surface area contributed by atoms with E-state index in [0.717, 1.165) is 6.07 Å². The molecular weight excluding hydrogens is 273 g/mol. The summed E-state index contributed by atoms with van der Waals surface area (Å²) in [6.45, 7) is 0.781. The van der Waals surface area contributed by atoms with Crippen molar-refractivity contribution < 1.29 is 22.7 Å². The maximum absolute atomic E-state index is 12.9. The number of hydrogen-bond donors (Lipinski definition) is 1. The van der Waals surface area contributed by atoms with Gasteiger partial charge in [0, 0.05) is 13.1 Å². The molecule has 20 heavy (non-hydrogen) atoms. The molecule has 0 fully saturated rings. The van der Waals surface area contributed by atoms with Crippen LogP contribution in [0.25, 0.3) is 0 Å². The number of benzene rings is 1. The van der Waals surface area contributed by atoms with Crippen molar-refractivity contribution in [2.45, 2.75) is 6.18 Å². The van der Waals surface area contributed by atoms with Gasteiger partial charge in [0.25, 0.3) is 5.91 Å². The summed E-state index contributed by atoms with van der Waals surface area (Å²) >= 11 is 0. The van der Waals surface area contributed by atoms with Gasteiger partial charge in [-0.3, -0.25) is 4.79 Å². The normalized spacial score (nSPS) is 11.6. The molecule has 0 heterocycles. The smallest absolute Gasteiger partial charge is 0.417 e. The van der Waals surface area contributed by atoms with Gasteiger partial charge >= 0.3 is 6.18 Å². The molecule has 1 amide bonds. The van der Waals surface area contributed by atoms with E-state index in [0.29, 0.717) is 6.54 Å². The minimum atomic E-state index is -4.61. The largest absolute Gasteiger partial charge is 0.496 e. The molecule has 0 atom stereocenters. The quantitative estimate of drug-likeness (QED) is 0.902. The van der Waals surface area contributed by atoms with E-state index < -0.39 is 23.2 Å². The molecule has 0 saturated heterocycles. The first kappa shape index (κ1) is 16.3. The number of carbonyl (C=O) groups excluding carboxylic acids is 1. The highest BCUT2D eigenvalue weighted by Gasteiger charge is 2.36. The number of ether oxygens (including phenoxy) is 1. The van der Waals surface area contributed by atoms with Crippen LogP contribution >= 0.6 is 0 Å². The third kappa shape index (κ3) is 4.12. The lowest BCUT2D eigenvalue weighted by Gasteiger charge is -2.16. The summed E-state index contributed by atoms with van der Waals surface area (Å²) in [4.78, 5) is 13.8. The monoisotopic (exact) mass is 290 g/mol. The van der Waals surface area contributed by atoms with Crippen LogP contribution in [-0.2, 0) is 6.18 Å². The fraction of sp³-hybridized carbons (Fsp3) is 0.462. The van der Waals surface area contributed by atoms with Crippen LogP contribution in [-0.4, -0.2) is 45.1 Å². The standard InChI is InChI=1S/C13H17F3N2O2/c1-18(2)8-7-17-12(19)11-9(13(14,15)16)5-4-6-10(11)20-3/h4-6H,7-8H2,1-3H3,(H,17,19). The number of nitrogens with zero attached hydrogens (tertiary/aromatic N) is 1. The Morgan fingerprint density at radius 3 is 2.50 bits per heavy atom. The number of methoxy groups -OCH3 is 1. The van der Waals surface area contributed by atoms with Gasteiger partial charge in [0.15, 0.2) is 0 Å². The zero-order valence-corrected chi connectivity index (χ0v) is 11.5. The summed E-state index contributed by atoms with van der Waals surface area (Å²) in [5.41, 5.74) is -1.49. The van der Waals surface area contributed by atoms with Crippen molar-refractivity contribution in [2.24, 2.45) is 0 Å². The molecule has 1 aromatic rings. The highest BCUT2D eigenvalue weighted by Crippen LogP contribution is 2.35. The van der Waals surface area contributed by atoms with E-state index in [-0.39, 0.29) is 12.3 Å². The van der Waals surface area contributed by atoms with E-state index >= 15 is 0 Å². The van der Waals surface area contributed by atoms with E-state index in [2.05, 4.69) is 5.32 Å². The fourth-order valence-electron chi connectivity index (χ4n) is 1.65. The SMILES string of the molecule is COc1cccc(C(F)(F)F)c1C(=O)NCCN(C)C. The maximum atomic E-state index is 12.9. The molecule has 1 rings (SSSR count). The Morgan fingerprint density at radius 1 is 1.35 bits per heavy atom. The zero-order valence-electron chi connectivity index (χ0n) is 11.5. The van der Waals surface area contributed by atoms with E-state index in [9.17, 15) is 18.0 Å². The Bertz CT molecular complexity index is 473. The van der Waals surface area contributed by atoms with Crippen LogP contribution in [0.5, 0.6) is 5.75 Å². The Morgan fingerprint density at radius 2 is 2.00 bits per heavy atom. The van der Waals surface area contributed by atoms with Gasteiger partial charge in [0.05, 0.1) is 18.2 Å². The first-order chi connectivity index (χ1) is 9.27. The average molecular weight is 290 g/mol. The molecular formula is C13H17F3N2O2. The lowest BCUT2D eigenvalue weighted by atomic mass is 10.0. The molecule has 0 spiro atoms. The summed E-state index contributed by atoms with van der Waals surface area (Å²) in [7, 11) is 4.83. The molecule has 0 aliphatic rings. The highest BCUT2D eigenvalue weighted by molar-refractivity contribution is 5.98. The van der Waals surface area contributed by atoms with Gasteiger partial charge in [-0.1, -0.05) is 6.07 Å². The first-order valence-corrected chi connectivity index (χ1v) is 5.94. The number of rotatable bonds is 5. The molecule has 112 valence electrons. The maximum Gasteiger partial charge on any atom is 0.417 e. The molecule has 0 unspecified atom stereocenters. The summed E-state index contributed by atoms with van der Waals surface area (Å²) < 4.78 is 43.7. The first-order valence-electron chi connectivity index (χ1n) is 5.94. The van der Waals surface area contributed by atoms with E-state index in [1.165, 1.54) is 19.2 Å². The molecule has 4 nitrogen and oxygen atoms in total. The Hall–Kier alpha value is -1.76. The summed E-state index contributed by atoms with van der Waals surface area (Å²) in [6.07, 6.45) is -4.61. The van der Waals surface area contributed by atoms with Gasteiger partial charge in [-0.05, 0) is 26.2 Å². The number of alkyl halides is 3. The Kier molecular flexibility index (Phi) is 5.38. The van der Waals surface area contributed by atoms with Gasteiger partial charge in [0.2, 0.25) is 0 Å². The second-order valence-corrected chi connectivity index (χ2v) is 4.44. The summed E-state index contributed by atoms with van der Waals surface area (Å²) in [5.74, 6) is -0.890. The molecule has 1 aromatic carbocycles. The van der Waals surface area contributed by atoms with Crippen LogP contribution in [0.15, 0.2) is 18.2 Å². The molecule has 0 aliphatic carbocycles. The topological polar surface area (TPSA) is 41.6 Å². The van der Waals surface area contributed by atoms with Gasteiger partial charge in [0.1, 0.15) is 5.75 Å².